The molecule has 16 heavy (non-hydrogen) atoms. The summed E-state index contributed by atoms with van der Waals surface area (Å²) >= 11 is 0. The van der Waals surface area contributed by atoms with Gasteiger partial charge in [-0.05, 0) is 30.9 Å². The molecule has 2 heterocycles. The standard InChI is InChI=1S/C13H17NOS/c1-13-7-10(8-16(15)9-13)11-5-3-4-6-12(11)14(13)2/h3-6,10H,7-9H2,1-2H3/t10-,13+,16?/m1/s1. The Balaban J connectivity index is 2.16. The molecule has 1 fully saturated rings. The van der Waals surface area contributed by atoms with Crippen LogP contribution in [-0.4, -0.2) is 28.3 Å². The van der Waals surface area contributed by atoms with E-state index in [0.717, 1.165) is 17.9 Å². The zero-order valence-corrected chi connectivity index (χ0v) is 10.6. The van der Waals surface area contributed by atoms with Crippen LogP contribution in [0.4, 0.5) is 5.69 Å². The molecule has 2 aliphatic rings. The minimum Gasteiger partial charge on any atom is -0.368 e. The summed E-state index contributed by atoms with van der Waals surface area (Å²) in [6.07, 6.45) is 1.15. The van der Waals surface area contributed by atoms with Gasteiger partial charge in [-0.3, -0.25) is 4.21 Å². The molecule has 2 nitrogen and oxygen atoms in total. The number of nitrogens with zero attached hydrogens (tertiary/aromatic N) is 1. The number of fused-ring (bicyclic) bond motifs is 4. The maximum absolute atomic E-state index is 11.9. The van der Waals surface area contributed by atoms with Gasteiger partial charge in [0, 0.05) is 40.6 Å². The maximum atomic E-state index is 11.9. The fourth-order valence-electron chi connectivity index (χ4n) is 3.14. The predicted octanol–water partition coefficient (Wildman–Crippen LogP) is 2.13. The molecule has 3 atom stereocenters. The Kier molecular flexibility index (Phi) is 2.15. The number of benzene rings is 1. The van der Waals surface area contributed by atoms with E-state index in [1.165, 1.54) is 11.3 Å². The van der Waals surface area contributed by atoms with Crippen molar-refractivity contribution in [3.8, 4) is 0 Å². The number of anilines is 1. The van der Waals surface area contributed by atoms with E-state index < -0.39 is 10.8 Å². The summed E-state index contributed by atoms with van der Waals surface area (Å²) in [5, 5.41) is 0. The molecule has 2 bridgehead atoms. The van der Waals surface area contributed by atoms with Crippen LogP contribution in [0.2, 0.25) is 0 Å². The molecule has 3 rings (SSSR count). The fraction of sp³-hybridized carbons (Fsp3) is 0.538. The average Bonchev–Trinajstić information content (AvgIpc) is 2.25. The van der Waals surface area contributed by atoms with Gasteiger partial charge in [0.2, 0.25) is 0 Å². The highest BCUT2D eigenvalue weighted by atomic mass is 32.2. The van der Waals surface area contributed by atoms with Crippen molar-refractivity contribution in [1.29, 1.82) is 0 Å². The molecule has 0 N–H and O–H groups in total. The van der Waals surface area contributed by atoms with Crippen LogP contribution in [0.5, 0.6) is 0 Å². The molecule has 1 saturated heterocycles. The molecule has 1 aromatic rings. The Bertz CT molecular complexity index is 459. The maximum Gasteiger partial charge on any atom is 0.0492 e. The Labute approximate surface area is 99.1 Å². The van der Waals surface area contributed by atoms with Crippen molar-refractivity contribution in [2.75, 3.05) is 23.5 Å². The Hall–Kier alpha value is -0.830. The van der Waals surface area contributed by atoms with Gasteiger partial charge in [0.1, 0.15) is 0 Å². The third kappa shape index (κ3) is 1.34. The van der Waals surface area contributed by atoms with E-state index in [-0.39, 0.29) is 5.54 Å². The summed E-state index contributed by atoms with van der Waals surface area (Å²) in [6, 6.07) is 8.57. The van der Waals surface area contributed by atoms with Gasteiger partial charge in [0.25, 0.3) is 0 Å². The van der Waals surface area contributed by atoms with Crippen LogP contribution in [0.1, 0.15) is 24.8 Å². The lowest BCUT2D eigenvalue weighted by Gasteiger charge is -2.50. The second kappa shape index (κ2) is 3.33. The van der Waals surface area contributed by atoms with E-state index in [2.05, 4.69) is 43.1 Å². The quantitative estimate of drug-likeness (QED) is 0.686. The highest BCUT2D eigenvalue weighted by Gasteiger charge is 2.44. The second-order valence-corrected chi connectivity index (χ2v) is 6.77. The smallest absolute Gasteiger partial charge is 0.0492 e. The number of rotatable bonds is 0. The van der Waals surface area contributed by atoms with Crippen molar-refractivity contribution in [2.24, 2.45) is 0 Å². The number of hydrogen-bond donors (Lipinski definition) is 0. The fourth-order valence-corrected chi connectivity index (χ4v) is 5.01. The summed E-state index contributed by atoms with van der Waals surface area (Å²) in [5.74, 6) is 2.15. The van der Waals surface area contributed by atoms with E-state index in [1.807, 2.05) is 0 Å². The van der Waals surface area contributed by atoms with Crippen molar-refractivity contribution in [3.05, 3.63) is 29.8 Å². The topological polar surface area (TPSA) is 20.3 Å². The summed E-state index contributed by atoms with van der Waals surface area (Å²) < 4.78 is 11.9. The zero-order chi connectivity index (χ0) is 11.3. The van der Waals surface area contributed by atoms with E-state index in [9.17, 15) is 4.21 Å². The van der Waals surface area contributed by atoms with Crippen LogP contribution in [0.3, 0.4) is 0 Å². The minimum absolute atomic E-state index is 0.0854. The first-order valence-corrected chi connectivity index (χ1v) is 7.27. The van der Waals surface area contributed by atoms with Gasteiger partial charge in [-0.1, -0.05) is 18.2 Å². The van der Waals surface area contributed by atoms with E-state index in [1.54, 1.807) is 0 Å². The average molecular weight is 235 g/mol. The molecule has 0 aliphatic carbocycles. The van der Waals surface area contributed by atoms with E-state index >= 15 is 0 Å². The number of hydrogen-bond acceptors (Lipinski definition) is 2. The minimum atomic E-state index is -0.658. The predicted molar refractivity (Wildman–Crippen MR) is 68.5 cm³/mol. The number of para-hydroxylation sites is 1. The van der Waals surface area contributed by atoms with Crippen LogP contribution < -0.4 is 4.90 Å². The molecular weight excluding hydrogens is 218 g/mol. The molecule has 2 aliphatic heterocycles. The van der Waals surface area contributed by atoms with Crippen molar-refractivity contribution in [2.45, 2.75) is 24.8 Å². The van der Waals surface area contributed by atoms with Crippen molar-refractivity contribution in [3.63, 3.8) is 0 Å². The monoisotopic (exact) mass is 235 g/mol. The molecule has 1 unspecified atom stereocenters. The Morgan fingerprint density at radius 3 is 3.00 bits per heavy atom. The van der Waals surface area contributed by atoms with Gasteiger partial charge < -0.3 is 4.90 Å². The third-order valence-electron chi connectivity index (χ3n) is 4.09. The van der Waals surface area contributed by atoms with Gasteiger partial charge in [-0.2, -0.15) is 0 Å². The summed E-state index contributed by atoms with van der Waals surface area (Å²) in [4.78, 5) is 2.33. The van der Waals surface area contributed by atoms with Crippen LogP contribution >= 0.6 is 0 Å². The highest BCUT2D eigenvalue weighted by Crippen LogP contribution is 2.45. The van der Waals surface area contributed by atoms with Gasteiger partial charge in [0.05, 0.1) is 0 Å². The second-order valence-electron chi connectivity index (χ2n) is 5.27. The van der Waals surface area contributed by atoms with Crippen molar-refractivity contribution >= 4 is 16.5 Å². The normalized spacial score (nSPS) is 37.0. The van der Waals surface area contributed by atoms with E-state index in [0.29, 0.717) is 5.92 Å². The van der Waals surface area contributed by atoms with Gasteiger partial charge in [-0.25, -0.2) is 0 Å². The molecular formula is C13H17NOS. The molecule has 0 amide bonds. The zero-order valence-electron chi connectivity index (χ0n) is 9.77. The molecule has 86 valence electrons. The first-order chi connectivity index (χ1) is 7.60. The van der Waals surface area contributed by atoms with Crippen LogP contribution in [0.25, 0.3) is 0 Å². The summed E-state index contributed by atoms with van der Waals surface area (Å²) in [5.41, 5.74) is 2.80. The SMILES string of the molecule is CN1c2ccccc2[C@H]2CS(=O)C[C@]1(C)C2. The molecule has 0 radical (unpaired) electrons. The first kappa shape index (κ1) is 10.3. The molecule has 0 saturated carbocycles. The first-order valence-electron chi connectivity index (χ1n) is 5.78. The lowest BCUT2D eigenvalue weighted by atomic mass is 9.80. The molecule has 0 spiro atoms. The van der Waals surface area contributed by atoms with Crippen LogP contribution in [-0.2, 0) is 10.8 Å². The molecule has 0 aromatic heterocycles. The largest absolute Gasteiger partial charge is 0.368 e. The summed E-state index contributed by atoms with van der Waals surface area (Å²) in [6.45, 7) is 2.24. The Morgan fingerprint density at radius 1 is 1.44 bits per heavy atom. The lowest BCUT2D eigenvalue weighted by Crippen LogP contribution is -2.55. The van der Waals surface area contributed by atoms with Gasteiger partial charge in [-0.15, -0.1) is 0 Å². The van der Waals surface area contributed by atoms with Gasteiger partial charge >= 0.3 is 0 Å². The van der Waals surface area contributed by atoms with Crippen LogP contribution in [0.15, 0.2) is 24.3 Å². The Morgan fingerprint density at radius 2 is 2.19 bits per heavy atom. The van der Waals surface area contributed by atoms with Crippen molar-refractivity contribution < 1.29 is 4.21 Å². The third-order valence-corrected chi connectivity index (χ3v) is 5.81. The highest BCUT2D eigenvalue weighted by molar-refractivity contribution is 7.85. The van der Waals surface area contributed by atoms with Crippen molar-refractivity contribution in [1.82, 2.24) is 0 Å². The molecule has 1 aromatic carbocycles. The summed E-state index contributed by atoms with van der Waals surface area (Å²) in [7, 11) is 1.48. The lowest BCUT2D eigenvalue weighted by molar-refractivity contribution is 0.386. The van der Waals surface area contributed by atoms with Gasteiger partial charge in [0.15, 0.2) is 0 Å². The van der Waals surface area contributed by atoms with Crippen LogP contribution in [0, 0.1) is 0 Å². The molecule has 3 heteroatoms. The van der Waals surface area contributed by atoms with E-state index in [4.69, 9.17) is 0 Å².